The van der Waals surface area contributed by atoms with Crippen LogP contribution < -0.4 is 10.9 Å². The van der Waals surface area contributed by atoms with Crippen LogP contribution in [0, 0.1) is 0 Å². The molecule has 0 spiro atoms. The van der Waals surface area contributed by atoms with E-state index in [2.05, 4.69) is 21.9 Å². The third-order valence-corrected chi connectivity index (χ3v) is 2.89. The summed E-state index contributed by atoms with van der Waals surface area (Å²) in [6.45, 7) is 4.03. The maximum atomic E-state index is 11.9. The largest absolute Gasteiger partial charge is 0.506 e. The molecule has 20 heavy (non-hydrogen) atoms. The molecule has 0 atom stereocenters. The fraction of sp³-hybridized carbons (Fsp3) is 0.0714. The molecule has 3 N–H and O–H groups in total. The Morgan fingerprint density at radius 2 is 2.25 bits per heavy atom. The number of aromatic nitrogens is 1. The van der Waals surface area contributed by atoms with Gasteiger partial charge in [-0.2, -0.15) is 0 Å². The van der Waals surface area contributed by atoms with Gasteiger partial charge in [-0.15, -0.1) is 6.58 Å². The zero-order chi connectivity index (χ0) is 14.5. The molecule has 1 aromatic heterocycles. The first-order valence-corrected chi connectivity index (χ1v) is 6.31. The summed E-state index contributed by atoms with van der Waals surface area (Å²) in [5.41, 5.74) is 0.224. The predicted octanol–water partition coefficient (Wildman–Crippen LogP) is 1.71. The number of pyridine rings is 1. The third kappa shape index (κ3) is 2.92. The summed E-state index contributed by atoms with van der Waals surface area (Å²) in [6.07, 6.45) is 2.89. The van der Waals surface area contributed by atoms with Crippen LogP contribution >= 0.6 is 12.2 Å². The minimum absolute atomic E-state index is 0.0754. The Kier molecular flexibility index (Phi) is 4.27. The van der Waals surface area contributed by atoms with E-state index >= 15 is 0 Å². The second-order valence-corrected chi connectivity index (χ2v) is 4.38. The molecule has 0 radical (unpaired) electrons. The van der Waals surface area contributed by atoms with Gasteiger partial charge in [0.15, 0.2) is 5.11 Å². The van der Waals surface area contributed by atoms with Gasteiger partial charge in [-0.1, -0.05) is 18.2 Å². The molecule has 1 heterocycles. The van der Waals surface area contributed by atoms with Crippen molar-refractivity contribution in [1.29, 1.82) is 0 Å². The van der Waals surface area contributed by atoms with Gasteiger partial charge < -0.3 is 15.4 Å². The van der Waals surface area contributed by atoms with Crippen LogP contribution in [-0.4, -0.2) is 28.0 Å². The number of fused-ring (bicyclic) bond motifs is 1. The Morgan fingerprint density at radius 3 is 3.00 bits per heavy atom. The lowest BCUT2D eigenvalue weighted by Gasteiger charge is -2.04. The van der Waals surface area contributed by atoms with E-state index in [-0.39, 0.29) is 16.4 Å². The number of aliphatic imine (C=N–C) groups is 1. The molecule has 102 valence electrons. The maximum absolute atomic E-state index is 11.9. The van der Waals surface area contributed by atoms with Crippen LogP contribution in [0.2, 0.25) is 0 Å². The Balaban J connectivity index is 2.40. The van der Waals surface area contributed by atoms with Gasteiger partial charge in [-0.25, -0.2) is 4.99 Å². The van der Waals surface area contributed by atoms with Gasteiger partial charge in [-0.05, 0) is 24.4 Å². The van der Waals surface area contributed by atoms with Crippen molar-refractivity contribution >= 4 is 34.4 Å². The number of nitrogens with one attached hydrogen (secondary N) is 2. The maximum Gasteiger partial charge on any atom is 0.261 e. The number of hydrogen-bond donors (Lipinski definition) is 3. The third-order valence-electron chi connectivity index (χ3n) is 2.64. The highest BCUT2D eigenvalue weighted by Crippen LogP contribution is 2.23. The first-order valence-electron chi connectivity index (χ1n) is 5.90. The molecular formula is C14H13N3O2S. The summed E-state index contributed by atoms with van der Waals surface area (Å²) in [5, 5.41) is 13.7. The zero-order valence-corrected chi connectivity index (χ0v) is 11.4. The van der Waals surface area contributed by atoms with Crippen LogP contribution in [-0.2, 0) is 0 Å². The van der Waals surface area contributed by atoms with E-state index in [0.29, 0.717) is 17.4 Å². The Morgan fingerprint density at radius 1 is 1.50 bits per heavy atom. The van der Waals surface area contributed by atoms with Crippen molar-refractivity contribution in [2.75, 3.05) is 6.54 Å². The average Bonchev–Trinajstić information content (AvgIpc) is 2.45. The molecular weight excluding hydrogens is 274 g/mol. The Bertz CT molecular complexity index is 750. The summed E-state index contributed by atoms with van der Waals surface area (Å²) in [7, 11) is 0. The summed E-state index contributed by atoms with van der Waals surface area (Å²) in [4.78, 5) is 18.5. The van der Waals surface area contributed by atoms with Gasteiger partial charge in [0.05, 0.1) is 5.52 Å². The van der Waals surface area contributed by atoms with E-state index in [1.54, 1.807) is 30.3 Å². The van der Waals surface area contributed by atoms with Crippen molar-refractivity contribution in [2.24, 2.45) is 4.99 Å². The lowest BCUT2D eigenvalue weighted by atomic mass is 10.1. The van der Waals surface area contributed by atoms with E-state index in [1.165, 1.54) is 6.21 Å². The number of hydrogen-bond acceptors (Lipinski definition) is 3. The molecule has 0 saturated carbocycles. The highest BCUT2D eigenvalue weighted by Gasteiger charge is 2.09. The highest BCUT2D eigenvalue weighted by molar-refractivity contribution is 7.80. The first kappa shape index (κ1) is 14.0. The van der Waals surface area contributed by atoms with Gasteiger partial charge in [0.1, 0.15) is 11.3 Å². The summed E-state index contributed by atoms with van der Waals surface area (Å²) < 4.78 is 0. The monoisotopic (exact) mass is 287 g/mol. The summed E-state index contributed by atoms with van der Waals surface area (Å²) >= 11 is 4.95. The molecule has 0 aliphatic carbocycles. The van der Waals surface area contributed by atoms with Crippen molar-refractivity contribution in [3.05, 3.63) is 52.8 Å². The molecule has 2 aromatic rings. The lowest BCUT2D eigenvalue weighted by molar-refractivity contribution is 0.479. The van der Waals surface area contributed by atoms with Crippen LogP contribution in [0.15, 0.2) is 46.7 Å². The van der Waals surface area contributed by atoms with Crippen molar-refractivity contribution in [3.8, 4) is 5.75 Å². The molecule has 1 aromatic carbocycles. The van der Waals surface area contributed by atoms with Gasteiger partial charge in [0, 0.05) is 18.1 Å². The number of para-hydroxylation sites is 1. The van der Waals surface area contributed by atoms with Crippen LogP contribution in [0.5, 0.6) is 5.75 Å². The smallest absolute Gasteiger partial charge is 0.261 e. The van der Waals surface area contributed by atoms with Gasteiger partial charge in [0.2, 0.25) is 0 Å². The zero-order valence-electron chi connectivity index (χ0n) is 10.6. The normalized spacial score (nSPS) is 10.8. The van der Waals surface area contributed by atoms with E-state index in [1.807, 2.05) is 0 Å². The van der Waals surface area contributed by atoms with Gasteiger partial charge >= 0.3 is 0 Å². The second-order valence-electron chi connectivity index (χ2n) is 3.99. The molecule has 6 heteroatoms. The first-order chi connectivity index (χ1) is 9.63. The number of benzene rings is 1. The number of aromatic hydroxyl groups is 1. The second kappa shape index (κ2) is 6.12. The van der Waals surface area contributed by atoms with E-state index in [4.69, 9.17) is 12.2 Å². The predicted molar refractivity (Wildman–Crippen MR) is 84.6 cm³/mol. The van der Waals surface area contributed by atoms with Crippen LogP contribution in [0.4, 0.5) is 0 Å². The minimum atomic E-state index is -0.420. The highest BCUT2D eigenvalue weighted by atomic mass is 32.1. The molecule has 0 aliphatic rings. The molecule has 0 saturated heterocycles. The SMILES string of the molecule is C=CCNC(=S)/N=C/c1c(O)c2ccccc2[nH]c1=O. The molecule has 0 bridgehead atoms. The number of rotatable bonds is 3. The molecule has 0 unspecified atom stereocenters. The van der Waals surface area contributed by atoms with E-state index in [0.717, 1.165) is 0 Å². The lowest BCUT2D eigenvalue weighted by Crippen LogP contribution is -2.20. The molecule has 0 aliphatic heterocycles. The molecule has 0 fully saturated rings. The van der Waals surface area contributed by atoms with Crippen LogP contribution in [0.3, 0.4) is 0 Å². The van der Waals surface area contributed by atoms with Crippen molar-refractivity contribution in [3.63, 3.8) is 0 Å². The van der Waals surface area contributed by atoms with Crippen LogP contribution in [0.1, 0.15) is 5.56 Å². The molecule has 5 nitrogen and oxygen atoms in total. The van der Waals surface area contributed by atoms with Crippen molar-refractivity contribution < 1.29 is 5.11 Å². The average molecular weight is 287 g/mol. The fourth-order valence-electron chi connectivity index (χ4n) is 1.69. The number of H-pyrrole nitrogens is 1. The van der Waals surface area contributed by atoms with Crippen molar-refractivity contribution in [2.45, 2.75) is 0 Å². The Hall–Kier alpha value is -2.47. The quantitative estimate of drug-likeness (QED) is 0.456. The standard InChI is InChI=1S/C14H13N3O2S/c1-2-7-15-14(20)16-8-10-12(18)9-5-3-4-6-11(9)17-13(10)19/h2-6,8H,1,7H2,(H,15,20)(H2,17,18,19)/b16-8+. The number of thiocarbonyl (C=S) groups is 1. The Labute approximate surface area is 120 Å². The topological polar surface area (TPSA) is 77.5 Å². The van der Waals surface area contributed by atoms with E-state index < -0.39 is 5.56 Å². The summed E-state index contributed by atoms with van der Waals surface area (Å²) in [6, 6.07) is 6.98. The fourth-order valence-corrected chi connectivity index (χ4v) is 1.82. The van der Waals surface area contributed by atoms with Gasteiger partial charge in [-0.3, -0.25) is 4.79 Å². The molecule has 2 rings (SSSR count). The minimum Gasteiger partial charge on any atom is -0.506 e. The molecule has 0 amide bonds. The van der Waals surface area contributed by atoms with Crippen molar-refractivity contribution in [1.82, 2.24) is 10.3 Å². The van der Waals surface area contributed by atoms with Crippen LogP contribution in [0.25, 0.3) is 10.9 Å². The number of nitrogens with zero attached hydrogens (tertiary/aromatic N) is 1. The van der Waals surface area contributed by atoms with Gasteiger partial charge in [0.25, 0.3) is 5.56 Å². The number of aromatic amines is 1. The summed E-state index contributed by atoms with van der Waals surface area (Å²) in [5.74, 6) is -0.111. The van der Waals surface area contributed by atoms with E-state index in [9.17, 15) is 9.90 Å².